The number of aromatic nitrogens is 3. The number of Topliss-reactive ketones (excluding diaryl/α,β-unsaturated/α-hetero) is 1. The van der Waals surface area contributed by atoms with Crippen LogP contribution in [0.4, 0.5) is 0 Å². The van der Waals surface area contributed by atoms with E-state index < -0.39 is 0 Å². The molecular formula is C19H23N3OS2. The Labute approximate surface area is 155 Å². The molecule has 0 spiro atoms. The number of carbonyl (C=O) groups excluding carboxylic acids is 1. The first-order valence-corrected chi connectivity index (χ1v) is 10.5. The molecule has 1 aliphatic carbocycles. The maximum atomic E-state index is 13.1. The van der Waals surface area contributed by atoms with Crippen molar-refractivity contribution in [2.75, 3.05) is 0 Å². The van der Waals surface area contributed by atoms with E-state index in [2.05, 4.69) is 9.38 Å². The molecule has 0 bridgehead atoms. The SMILES string of the molecule is Cc1nc2sccn2c1-c1nc(C2CCCC2)c(C(=O)C(C)(C)C)s1. The second-order valence-electron chi connectivity index (χ2n) is 7.90. The van der Waals surface area contributed by atoms with E-state index in [1.807, 2.05) is 39.3 Å². The Balaban J connectivity index is 1.88. The zero-order valence-corrected chi connectivity index (χ0v) is 16.8. The fraction of sp³-hybridized carbons (Fsp3) is 0.526. The molecule has 3 heterocycles. The van der Waals surface area contributed by atoms with Crippen molar-refractivity contribution < 1.29 is 4.79 Å². The zero-order valence-electron chi connectivity index (χ0n) is 15.1. The van der Waals surface area contributed by atoms with Crippen molar-refractivity contribution >= 4 is 33.4 Å². The normalized spacial score (nSPS) is 16.2. The first kappa shape index (κ1) is 16.9. The molecule has 3 aromatic rings. The van der Waals surface area contributed by atoms with Crippen LogP contribution in [-0.2, 0) is 0 Å². The third kappa shape index (κ3) is 2.85. The highest BCUT2D eigenvalue weighted by atomic mass is 32.1. The molecule has 0 radical (unpaired) electrons. The molecule has 25 heavy (non-hydrogen) atoms. The topological polar surface area (TPSA) is 47.3 Å². The number of imidazole rings is 1. The second kappa shape index (κ2) is 6.02. The monoisotopic (exact) mass is 373 g/mol. The van der Waals surface area contributed by atoms with Crippen LogP contribution in [0.25, 0.3) is 15.7 Å². The molecule has 1 aliphatic rings. The summed E-state index contributed by atoms with van der Waals surface area (Å²) in [6.07, 6.45) is 6.80. The number of fused-ring (bicyclic) bond motifs is 1. The van der Waals surface area contributed by atoms with E-state index >= 15 is 0 Å². The van der Waals surface area contributed by atoms with Crippen molar-refractivity contribution in [1.82, 2.24) is 14.4 Å². The van der Waals surface area contributed by atoms with Gasteiger partial charge in [0.25, 0.3) is 0 Å². The van der Waals surface area contributed by atoms with Gasteiger partial charge >= 0.3 is 0 Å². The molecule has 1 saturated carbocycles. The Bertz CT molecular complexity index is 936. The van der Waals surface area contributed by atoms with Crippen molar-refractivity contribution in [3.05, 3.63) is 27.8 Å². The number of ketones is 1. The Morgan fingerprint density at radius 2 is 1.96 bits per heavy atom. The van der Waals surface area contributed by atoms with Gasteiger partial charge in [0.05, 0.1) is 16.3 Å². The number of aryl methyl sites for hydroxylation is 1. The lowest BCUT2D eigenvalue weighted by atomic mass is 9.87. The number of carbonyl (C=O) groups is 1. The van der Waals surface area contributed by atoms with Crippen LogP contribution in [0.1, 0.15) is 73.4 Å². The van der Waals surface area contributed by atoms with Gasteiger partial charge in [-0.1, -0.05) is 33.6 Å². The van der Waals surface area contributed by atoms with Crippen molar-refractivity contribution in [3.63, 3.8) is 0 Å². The lowest BCUT2D eigenvalue weighted by Gasteiger charge is -2.17. The van der Waals surface area contributed by atoms with Crippen LogP contribution in [0.15, 0.2) is 11.6 Å². The third-order valence-electron chi connectivity index (χ3n) is 4.92. The summed E-state index contributed by atoms with van der Waals surface area (Å²) in [6, 6.07) is 0. The van der Waals surface area contributed by atoms with Gasteiger partial charge < -0.3 is 0 Å². The van der Waals surface area contributed by atoms with Gasteiger partial charge in [-0.3, -0.25) is 9.20 Å². The van der Waals surface area contributed by atoms with Gasteiger partial charge in [0.1, 0.15) is 10.7 Å². The summed E-state index contributed by atoms with van der Waals surface area (Å²) in [5.41, 5.74) is 2.66. The third-order valence-corrected chi connectivity index (χ3v) is 6.75. The van der Waals surface area contributed by atoms with E-state index in [-0.39, 0.29) is 11.2 Å². The van der Waals surface area contributed by atoms with Crippen LogP contribution in [0.2, 0.25) is 0 Å². The molecule has 0 amide bonds. The maximum absolute atomic E-state index is 13.1. The number of thiazole rings is 2. The summed E-state index contributed by atoms with van der Waals surface area (Å²) in [6.45, 7) is 8.01. The molecule has 3 aromatic heterocycles. The van der Waals surface area contributed by atoms with E-state index in [9.17, 15) is 4.79 Å². The molecular weight excluding hydrogens is 350 g/mol. The minimum absolute atomic E-state index is 0.210. The fourth-order valence-electron chi connectivity index (χ4n) is 3.56. The molecule has 6 heteroatoms. The molecule has 0 aliphatic heterocycles. The smallest absolute Gasteiger partial charge is 0.194 e. The summed E-state index contributed by atoms with van der Waals surface area (Å²) in [4.78, 5) is 24.6. The first-order valence-electron chi connectivity index (χ1n) is 8.84. The molecule has 0 saturated heterocycles. The molecule has 4 rings (SSSR count). The quantitative estimate of drug-likeness (QED) is 0.552. The first-order chi connectivity index (χ1) is 11.9. The van der Waals surface area contributed by atoms with E-state index in [0.717, 1.165) is 44.8 Å². The highest BCUT2D eigenvalue weighted by molar-refractivity contribution is 7.17. The molecule has 0 aromatic carbocycles. The van der Waals surface area contributed by atoms with Crippen molar-refractivity contribution in [3.8, 4) is 10.7 Å². The van der Waals surface area contributed by atoms with Gasteiger partial charge in [-0.15, -0.1) is 22.7 Å². The van der Waals surface area contributed by atoms with E-state index in [4.69, 9.17) is 4.98 Å². The molecule has 0 N–H and O–H groups in total. The summed E-state index contributed by atoms with van der Waals surface area (Å²) in [7, 11) is 0. The Morgan fingerprint density at radius 3 is 2.64 bits per heavy atom. The van der Waals surface area contributed by atoms with Crippen LogP contribution in [0, 0.1) is 12.3 Å². The number of hydrogen-bond acceptors (Lipinski definition) is 5. The van der Waals surface area contributed by atoms with Crippen molar-refractivity contribution in [2.24, 2.45) is 5.41 Å². The Hall–Kier alpha value is -1.53. The van der Waals surface area contributed by atoms with E-state index in [1.165, 1.54) is 12.8 Å². The van der Waals surface area contributed by atoms with Gasteiger partial charge in [0.15, 0.2) is 10.7 Å². The van der Waals surface area contributed by atoms with Gasteiger partial charge in [-0.2, -0.15) is 0 Å². The molecule has 1 fully saturated rings. The van der Waals surface area contributed by atoms with Gasteiger partial charge in [-0.05, 0) is 19.8 Å². The predicted octanol–water partition coefficient (Wildman–Crippen LogP) is 5.71. The molecule has 0 atom stereocenters. The standard InChI is InChI=1S/C19H23N3OS2/c1-11-14(22-9-10-24-18(22)20-11)17-21-13(12-7-5-6-8-12)15(25-17)16(23)19(2,3)4/h9-10,12H,5-8H2,1-4H3. The number of rotatable bonds is 3. The van der Waals surface area contributed by atoms with Crippen LogP contribution in [0.5, 0.6) is 0 Å². The lowest BCUT2D eigenvalue weighted by Crippen LogP contribution is -2.20. The summed E-state index contributed by atoms with van der Waals surface area (Å²) >= 11 is 3.18. The minimum atomic E-state index is -0.388. The highest BCUT2D eigenvalue weighted by Crippen LogP contribution is 2.42. The van der Waals surface area contributed by atoms with E-state index in [1.54, 1.807) is 22.7 Å². The summed E-state index contributed by atoms with van der Waals surface area (Å²) in [5, 5.41) is 2.97. The molecule has 4 nitrogen and oxygen atoms in total. The minimum Gasteiger partial charge on any atom is -0.293 e. The molecule has 132 valence electrons. The zero-order chi connectivity index (χ0) is 17.8. The second-order valence-corrected chi connectivity index (χ2v) is 9.77. The van der Waals surface area contributed by atoms with Crippen LogP contribution in [-0.4, -0.2) is 20.2 Å². The lowest BCUT2D eigenvalue weighted by molar-refractivity contribution is 0.0861. The number of hydrogen-bond donors (Lipinski definition) is 0. The average molecular weight is 374 g/mol. The fourth-order valence-corrected chi connectivity index (χ4v) is 5.72. The van der Waals surface area contributed by atoms with Crippen molar-refractivity contribution in [1.29, 1.82) is 0 Å². The number of nitrogens with zero attached hydrogens (tertiary/aromatic N) is 3. The van der Waals surface area contributed by atoms with Gasteiger partial charge in [0, 0.05) is 22.9 Å². The maximum Gasteiger partial charge on any atom is 0.194 e. The summed E-state index contributed by atoms with van der Waals surface area (Å²) < 4.78 is 2.10. The molecule has 0 unspecified atom stereocenters. The Kier molecular flexibility index (Phi) is 4.07. The van der Waals surface area contributed by atoms with Crippen LogP contribution in [0.3, 0.4) is 0 Å². The average Bonchev–Trinajstić information content (AvgIpc) is 3.28. The van der Waals surface area contributed by atoms with Crippen LogP contribution < -0.4 is 0 Å². The summed E-state index contributed by atoms with van der Waals surface area (Å²) in [5.74, 6) is 0.638. The largest absolute Gasteiger partial charge is 0.293 e. The van der Waals surface area contributed by atoms with Gasteiger partial charge in [0.2, 0.25) is 0 Å². The van der Waals surface area contributed by atoms with E-state index in [0.29, 0.717) is 5.92 Å². The highest BCUT2D eigenvalue weighted by Gasteiger charge is 2.33. The van der Waals surface area contributed by atoms with Crippen LogP contribution >= 0.6 is 22.7 Å². The predicted molar refractivity (Wildman–Crippen MR) is 104 cm³/mol. The van der Waals surface area contributed by atoms with Crippen molar-refractivity contribution in [2.45, 2.75) is 59.3 Å². The van der Waals surface area contributed by atoms with Gasteiger partial charge in [-0.25, -0.2) is 9.97 Å². The Morgan fingerprint density at radius 1 is 1.24 bits per heavy atom.